The van der Waals surface area contributed by atoms with Gasteiger partial charge in [-0.2, -0.15) is 0 Å². The fourth-order valence-corrected chi connectivity index (χ4v) is 2.10. The monoisotopic (exact) mass is 202 g/mol. The van der Waals surface area contributed by atoms with Gasteiger partial charge in [0.05, 0.1) is 24.7 Å². The molecule has 82 valence electrons. The van der Waals surface area contributed by atoms with Crippen molar-refractivity contribution >= 4 is 5.97 Å². The van der Waals surface area contributed by atoms with Crippen molar-refractivity contribution in [2.75, 3.05) is 6.61 Å². The Hall–Kier alpha value is -0.610. The zero-order chi connectivity index (χ0) is 10.7. The zero-order valence-electron chi connectivity index (χ0n) is 8.64. The van der Waals surface area contributed by atoms with Crippen molar-refractivity contribution in [2.24, 2.45) is 11.8 Å². The van der Waals surface area contributed by atoms with Crippen LogP contribution < -0.4 is 0 Å². The first-order valence-corrected chi connectivity index (χ1v) is 5.09. The van der Waals surface area contributed by atoms with Gasteiger partial charge in [-0.15, -0.1) is 0 Å². The predicted molar refractivity (Wildman–Crippen MR) is 50.5 cm³/mol. The minimum absolute atomic E-state index is 0.0206. The van der Waals surface area contributed by atoms with Crippen LogP contribution in [0.25, 0.3) is 0 Å². The van der Waals surface area contributed by atoms with Gasteiger partial charge in [0.15, 0.2) is 0 Å². The molecule has 0 aromatic heterocycles. The minimum atomic E-state index is -0.771. The van der Waals surface area contributed by atoms with E-state index >= 15 is 0 Å². The Bertz CT molecular complexity index is 192. The van der Waals surface area contributed by atoms with E-state index in [9.17, 15) is 15.0 Å². The van der Waals surface area contributed by atoms with Crippen molar-refractivity contribution in [3.8, 4) is 0 Å². The van der Waals surface area contributed by atoms with Gasteiger partial charge in [-0.25, -0.2) is 0 Å². The number of rotatable bonds is 2. The molecule has 0 spiro atoms. The lowest BCUT2D eigenvalue weighted by Crippen LogP contribution is -2.42. The zero-order valence-corrected chi connectivity index (χ0v) is 8.64. The van der Waals surface area contributed by atoms with E-state index in [4.69, 9.17) is 4.74 Å². The molecule has 0 amide bonds. The van der Waals surface area contributed by atoms with Gasteiger partial charge in [-0.3, -0.25) is 4.79 Å². The molecule has 1 aliphatic rings. The average Bonchev–Trinajstić information content (AvgIpc) is 2.01. The Labute approximate surface area is 83.9 Å². The van der Waals surface area contributed by atoms with Crippen LogP contribution in [-0.2, 0) is 9.53 Å². The summed E-state index contributed by atoms with van der Waals surface area (Å²) in [5.41, 5.74) is 0. The second kappa shape index (κ2) is 4.75. The van der Waals surface area contributed by atoms with Gasteiger partial charge in [0.2, 0.25) is 0 Å². The Morgan fingerprint density at radius 3 is 2.57 bits per heavy atom. The molecular formula is C10H18O4. The number of carbonyl (C=O) groups is 1. The third-order valence-corrected chi connectivity index (χ3v) is 2.74. The van der Waals surface area contributed by atoms with Gasteiger partial charge >= 0.3 is 5.97 Å². The molecule has 0 aromatic rings. The highest BCUT2D eigenvalue weighted by molar-refractivity contribution is 5.73. The summed E-state index contributed by atoms with van der Waals surface area (Å²) in [5.74, 6) is -0.842. The molecule has 4 nitrogen and oxygen atoms in total. The van der Waals surface area contributed by atoms with Gasteiger partial charge in [-0.05, 0) is 19.3 Å². The number of hydrogen-bond acceptors (Lipinski definition) is 4. The number of ether oxygens (including phenoxy) is 1. The van der Waals surface area contributed by atoms with E-state index in [0.29, 0.717) is 13.0 Å². The first-order chi connectivity index (χ1) is 6.56. The molecule has 0 radical (unpaired) electrons. The molecule has 1 saturated carbocycles. The molecule has 1 fully saturated rings. The van der Waals surface area contributed by atoms with Gasteiger partial charge in [-0.1, -0.05) is 6.92 Å². The number of carbonyl (C=O) groups excluding carboxylic acids is 1. The summed E-state index contributed by atoms with van der Waals surface area (Å²) >= 11 is 0. The van der Waals surface area contributed by atoms with Crippen LogP contribution in [0.2, 0.25) is 0 Å². The second-order valence-electron chi connectivity index (χ2n) is 3.95. The van der Waals surface area contributed by atoms with E-state index in [1.807, 2.05) is 6.92 Å². The number of aliphatic hydroxyl groups is 2. The SMILES string of the molecule is CCOC(=O)C1C(C)CC(O)CC1O. The summed E-state index contributed by atoms with van der Waals surface area (Å²) in [5, 5.41) is 19.0. The van der Waals surface area contributed by atoms with Crippen molar-refractivity contribution in [1.29, 1.82) is 0 Å². The Morgan fingerprint density at radius 1 is 1.43 bits per heavy atom. The van der Waals surface area contributed by atoms with Crippen LogP contribution >= 0.6 is 0 Å². The van der Waals surface area contributed by atoms with Crippen LogP contribution in [0, 0.1) is 11.8 Å². The van der Waals surface area contributed by atoms with Gasteiger partial charge in [0.25, 0.3) is 0 Å². The highest BCUT2D eigenvalue weighted by Gasteiger charge is 2.39. The first-order valence-electron chi connectivity index (χ1n) is 5.09. The first kappa shape index (κ1) is 11.5. The number of hydrogen-bond donors (Lipinski definition) is 2. The topological polar surface area (TPSA) is 66.8 Å². The normalized spacial score (nSPS) is 38.0. The molecule has 1 rings (SSSR count). The van der Waals surface area contributed by atoms with Gasteiger partial charge < -0.3 is 14.9 Å². The summed E-state index contributed by atoms with van der Waals surface area (Å²) in [4.78, 5) is 11.5. The molecule has 4 heteroatoms. The molecule has 2 N–H and O–H groups in total. The van der Waals surface area contributed by atoms with Crippen LogP contribution in [0.3, 0.4) is 0 Å². The third-order valence-electron chi connectivity index (χ3n) is 2.74. The molecule has 4 unspecified atom stereocenters. The quantitative estimate of drug-likeness (QED) is 0.633. The highest BCUT2D eigenvalue weighted by atomic mass is 16.5. The van der Waals surface area contributed by atoms with Crippen molar-refractivity contribution in [3.63, 3.8) is 0 Å². The van der Waals surface area contributed by atoms with E-state index in [1.54, 1.807) is 6.92 Å². The minimum Gasteiger partial charge on any atom is -0.466 e. The lowest BCUT2D eigenvalue weighted by Gasteiger charge is -2.34. The molecular weight excluding hydrogens is 184 g/mol. The lowest BCUT2D eigenvalue weighted by atomic mass is 9.77. The molecule has 0 aromatic carbocycles. The summed E-state index contributed by atoms with van der Waals surface area (Å²) in [7, 11) is 0. The highest BCUT2D eigenvalue weighted by Crippen LogP contribution is 2.31. The van der Waals surface area contributed by atoms with E-state index in [2.05, 4.69) is 0 Å². The van der Waals surface area contributed by atoms with E-state index < -0.39 is 18.1 Å². The van der Waals surface area contributed by atoms with E-state index in [1.165, 1.54) is 0 Å². The van der Waals surface area contributed by atoms with Gasteiger partial charge in [0, 0.05) is 6.42 Å². The maximum atomic E-state index is 11.5. The maximum Gasteiger partial charge on any atom is 0.311 e. The molecule has 0 aliphatic heterocycles. The third kappa shape index (κ3) is 2.45. The fourth-order valence-electron chi connectivity index (χ4n) is 2.10. The smallest absolute Gasteiger partial charge is 0.311 e. The van der Waals surface area contributed by atoms with Crippen LogP contribution in [0.5, 0.6) is 0 Å². The van der Waals surface area contributed by atoms with Crippen LogP contribution in [0.15, 0.2) is 0 Å². The Kier molecular flexibility index (Phi) is 3.89. The summed E-state index contributed by atoms with van der Waals surface area (Å²) in [6.07, 6.45) is -0.438. The standard InChI is InChI=1S/C10H18O4/c1-3-14-10(13)9-6(2)4-7(11)5-8(9)12/h6-9,11-12H,3-5H2,1-2H3. The molecule has 0 bridgehead atoms. The maximum absolute atomic E-state index is 11.5. The van der Waals surface area contributed by atoms with E-state index in [-0.39, 0.29) is 18.3 Å². The van der Waals surface area contributed by atoms with Crippen molar-refractivity contribution in [2.45, 2.75) is 38.9 Å². The second-order valence-corrected chi connectivity index (χ2v) is 3.95. The van der Waals surface area contributed by atoms with Crippen molar-refractivity contribution in [1.82, 2.24) is 0 Å². The fraction of sp³-hybridized carbons (Fsp3) is 0.900. The van der Waals surface area contributed by atoms with Crippen LogP contribution in [0.1, 0.15) is 26.7 Å². The Balaban J connectivity index is 2.62. The lowest BCUT2D eigenvalue weighted by molar-refractivity contribution is -0.159. The molecule has 0 saturated heterocycles. The molecule has 0 heterocycles. The number of aliphatic hydroxyl groups excluding tert-OH is 2. The van der Waals surface area contributed by atoms with Gasteiger partial charge in [0.1, 0.15) is 0 Å². The number of esters is 1. The average molecular weight is 202 g/mol. The Morgan fingerprint density at radius 2 is 2.07 bits per heavy atom. The largest absolute Gasteiger partial charge is 0.466 e. The summed E-state index contributed by atoms with van der Waals surface area (Å²) in [6.45, 7) is 3.93. The van der Waals surface area contributed by atoms with Crippen LogP contribution in [0.4, 0.5) is 0 Å². The molecule has 14 heavy (non-hydrogen) atoms. The molecule has 1 aliphatic carbocycles. The van der Waals surface area contributed by atoms with E-state index in [0.717, 1.165) is 0 Å². The predicted octanol–water partition coefficient (Wildman–Crippen LogP) is 0.317. The van der Waals surface area contributed by atoms with Crippen LogP contribution in [-0.4, -0.2) is 35.0 Å². The van der Waals surface area contributed by atoms with Crippen molar-refractivity contribution < 1.29 is 19.7 Å². The summed E-state index contributed by atoms with van der Waals surface area (Å²) < 4.78 is 4.88. The summed E-state index contributed by atoms with van der Waals surface area (Å²) in [6, 6.07) is 0. The molecule has 4 atom stereocenters. The van der Waals surface area contributed by atoms with Crippen molar-refractivity contribution in [3.05, 3.63) is 0 Å².